The Kier molecular flexibility index (Phi) is 3.52. The Morgan fingerprint density at radius 3 is 2.89 bits per heavy atom. The molecule has 0 amide bonds. The van der Waals surface area contributed by atoms with Crippen LogP contribution in [0.3, 0.4) is 0 Å². The first-order valence-corrected chi connectivity index (χ1v) is 7.58. The Hall–Kier alpha value is -1.03. The zero-order chi connectivity index (χ0) is 13.4. The third kappa shape index (κ3) is 2.94. The average molecular weight is 263 g/mol. The van der Waals surface area contributed by atoms with E-state index in [1.165, 1.54) is 19.3 Å². The molecule has 2 aliphatic rings. The molecule has 0 aromatic carbocycles. The molecule has 1 aliphatic heterocycles. The van der Waals surface area contributed by atoms with Crippen LogP contribution in [-0.4, -0.2) is 23.6 Å². The number of hydrogen-bond acceptors (Lipinski definition) is 4. The molecule has 4 nitrogen and oxygen atoms in total. The molecule has 4 heteroatoms. The highest BCUT2D eigenvalue weighted by Crippen LogP contribution is 2.30. The molecule has 3 rings (SSSR count). The monoisotopic (exact) mass is 263 g/mol. The molecule has 19 heavy (non-hydrogen) atoms. The second-order valence-electron chi connectivity index (χ2n) is 6.49. The van der Waals surface area contributed by atoms with Crippen molar-refractivity contribution in [2.45, 2.75) is 58.7 Å². The van der Waals surface area contributed by atoms with Gasteiger partial charge in [0, 0.05) is 25.2 Å². The Balaban J connectivity index is 1.66. The first kappa shape index (κ1) is 13.0. The van der Waals surface area contributed by atoms with Crippen molar-refractivity contribution in [3.05, 3.63) is 12.0 Å². The lowest BCUT2D eigenvalue weighted by atomic mass is 9.86. The molecule has 1 saturated heterocycles. The van der Waals surface area contributed by atoms with E-state index in [2.05, 4.69) is 36.0 Å². The largest absolute Gasteiger partial charge is 0.432 e. The smallest absolute Gasteiger partial charge is 0.297 e. The molecule has 1 aliphatic carbocycles. The van der Waals surface area contributed by atoms with Gasteiger partial charge in [-0.3, -0.25) is 0 Å². The summed E-state index contributed by atoms with van der Waals surface area (Å²) < 4.78 is 5.70. The predicted molar refractivity (Wildman–Crippen MR) is 76.1 cm³/mol. The molecular formula is C15H25N3O. The van der Waals surface area contributed by atoms with Gasteiger partial charge in [0.15, 0.2) is 0 Å². The van der Waals surface area contributed by atoms with Crippen LogP contribution < -0.4 is 10.2 Å². The molecular weight excluding hydrogens is 238 g/mol. The SMILES string of the molecule is CC1CC(C)C(C)N(c2nc(CNC3CC3)co2)C1. The molecule has 0 bridgehead atoms. The number of nitrogens with one attached hydrogen (secondary N) is 1. The van der Waals surface area contributed by atoms with E-state index in [1.807, 2.05) is 0 Å². The van der Waals surface area contributed by atoms with Gasteiger partial charge in [0.2, 0.25) is 0 Å². The number of nitrogens with zero attached hydrogens (tertiary/aromatic N) is 2. The summed E-state index contributed by atoms with van der Waals surface area (Å²) in [5.41, 5.74) is 1.03. The quantitative estimate of drug-likeness (QED) is 0.907. The number of oxazole rings is 1. The normalized spacial score (nSPS) is 31.7. The van der Waals surface area contributed by atoms with Crippen LogP contribution in [0, 0.1) is 11.8 Å². The van der Waals surface area contributed by atoms with Crippen LogP contribution in [0.1, 0.15) is 45.7 Å². The van der Waals surface area contributed by atoms with Crippen LogP contribution >= 0.6 is 0 Å². The zero-order valence-electron chi connectivity index (χ0n) is 12.2. The van der Waals surface area contributed by atoms with Gasteiger partial charge in [-0.05, 0) is 38.0 Å². The predicted octanol–water partition coefficient (Wildman–Crippen LogP) is 2.80. The molecule has 1 aromatic heterocycles. The van der Waals surface area contributed by atoms with Crippen LogP contribution in [0.4, 0.5) is 6.01 Å². The number of rotatable bonds is 4. The Morgan fingerprint density at radius 2 is 2.16 bits per heavy atom. The summed E-state index contributed by atoms with van der Waals surface area (Å²) in [7, 11) is 0. The highest BCUT2D eigenvalue weighted by molar-refractivity contribution is 5.30. The van der Waals surface area contributed by atoms with Gasteiger partial charge in [-0.2, -0.15) is 4.98 Å². The second kappa shape index (κ2) is 5.16. The number of aromatic nitrogens is 1. The third-order valence-corrected chi connectivity index (χ3v) is 4.53. The van der Waals surface area contributed by atoms with E-state index in [1.54, 1.807) is 6.26 Å². The van der Waals surface area contributed by atoms with Crippen LogP contribution in [0.15, 0.2) is 10.7 Å². The minimum Gasteiger partial charge on any atom is -0.432 e. The highest BCUT2D eigenvalue weighted by atomic mass is 16.4. The summed E-state index contributed by atoms with van der Waals surface area (Å²) in [5.74, 6) is 1.41. The molecule has 1 N–H and O–H groups in total. The van der Waals surface area contributed by atoms with Crippen molar-refractivity contribution in [3.8, 4) is 0 Å². The van der Waals surface area contributed by atoms with Gasteiger partial charge >= 0.3 is 0 Å². The highest BCUT2D eigenvalue weighted by Gasteiger charge is 2.31. The molecule has 106 valence electrons. The first-order chi connectivity index (χ1) is 9.13. The van der Waals surface area contributed by atoms with Crippen LogP contribution in [0.5, 0.6) is 0 Å². The lowest BCUT2D eigenvalue weighted by Gasteiger charge is -2.40. The summed E-state index contributed by atoms with van der Waals surface area (Å²) in [6.07, 6.45) is 5.72. The van der Waals surface area contributed by atoms with E-state index >= 15 is 0 Å². The van der Waals surface area contributed by atoms with E-state index in [9.17, 15) is 0 Å². The maximum atomic E-state index is 5.70. The van der Waals surface area contributed by atoms with Crippen molar-refractivity contribution in [1.82, 2.24) is 10.3 Å². The first-order valence-electron chi connectivity index (χ1n) is 7.58. The molecule has 1 saturated carbocycles. The Morgan fingerprint density at radius 1 is 1.37 bits per heavy atom. The van der Waals surface area contributed by atoms with E-state index in [-0.39, 0.29) is 0 Å². The second-order valence-corrected chi connectivity index (χ2v) is 6.49. The maximum absolute atomic E-state index is 5.70. The Bertz CT molecular complexity index is 427. The number of piperidine rings is 1. The maximum Gasteiger partial charge on any atom is 0.297 e. The van der Waals surface area contributed by atoms with E-state index < -0.39 is 0 Å². The fraction of sp³-hybridized carbons (Fsp3) is 0.800. The summed E-state index contributed by atoms with van der Waals surface area (Å²) in [6.45, 7) is 8.81. The number of hydrogen-bond donors (Lipinski definition) is 1. The lowest BCUT2D eigenvalue weighted by Crippen LogP contribution is -2.46. The van der Waals surface area contributed by atoms with Gasteiger partial charge in [-0.15, -0.1) is 0 Å². The van der Waals surface area contributed by atoms with Crippen molar-refractivity contribution in [2.24, 2.45) is 11.8 Å². The third-order valence-electron chi connectivity index (χ3n) is 4.53. The summed E-state index contributed by atoms with van der Waals surface area (Å²) in [4.78, 5) is 6.98. The van der Waals surface area contributed by atoms with Crippen LogP contribution in [-0.2, 0) is 6.54 Å². The standard InChI is InChI=1S/C15H25N3O/c1-10-6-11(2)12(3)18(8-10)15-17-14(9-19-15)7-16-13-4-5-13/h9-13,16H,4-8H2,1-3H3. The molecule has 0 radical (unpaired) electrons. The average Bonchev–Trinajstić information content (AvgIpc) is 3.09. The molecule has 1 aromatic rings. The Labute approximate surface area is 115 Å². The van der Waals surface area contributed by atoms with Crippen molar-refractivity contribution in [3.63, 3.8) is 0 Å². The van der Waals surface area contributed by atoms with Crippen molar-refractivity contribution in [2.75, 3.05) is 11.4 Å². The number of anilines is 1. The zero-order valence-corrected chi connectivity index (χ0v) is 12.2. The summed E-state index contributed by atoms with van der Waals surface area (Å²) in [5, 5.41) is 3.48. The topological polar surface area (TPSA) is 41.3 Å². The van der Waals surface area contributed by atoms with Crippen molar-refractivity contribution < 1.29 is 4.42 Å². The molecule has 3 unspecified atom stereocenters. The van der Waals surface area contributed by atoms with Gasteiger partial charge in [0.25, 0.3) is 6.01 Å². The van der Waals surface area contributed by atoms with E-state index in [0.29, 0.717) is 23.9 Å². The van der Waals surface area contributed by atoms with Crippen LogP contribution in [0.2, 0.25) is 0 Å². The van der Waals surface area contributed by atoms with Gasteiger partial charge in [0.1, 0.15) is 6.26 Å². The van der Waals surface area contributed by atoms with E-state index in [0.717, 1.165) is 24.8 Å². The van der Waals surface area contributed by atoms with Gasteiger partial charge < -0.3 is 14.6 Å². The minimum absolute atomic E-state index is 0.513. The minimum atomic E-state index is 0.513. The molecule has 2 heterocycles. The van der Waals surface area contributed by atoms with Gasteiger partial charge in [-0.1, -0.05) is 13.8 Å². The molecule has 3 atom stereocenters. The van der Waals surface area contributed by atoms with Gasteiger partial charge in [0.05, 0.1) is 5.69 Å². The fourth-order valence-electron chi connectivity index (χ4n) is 3.01. The molecule has 0 spiro atoms. The lowest BCUT2D eigenvalue weighted by molar-refractivity contribution is 0.283. The van der Waals surface area contributed by atoms with Gasteiger partial charge in [-0.25, -0.2) is 0 Å². The fourth-order valence-corrected chi connectivity index (χ4v) is 3.01. The van der Waals surface area contributed by atoms with Crippen molar-refractivity contribution >= 4 is 6.01 Å². The summed E-state index contributed by atoms with van der Waals surface area (Å²) in [6, 6.07) is 2.03. The molecule has 2 fully saturated rings. The van der Waals surface area contributed by atoms with Crippen LogP contribution in [0.25, 0.3) is 0 Å². The van der Waals surface area contributed by atoms with Crippen molar-refractivity contribution in [1.29, 1.82) is 0 Å². The summed E-state index contributed by atoms with van der Waals surface area (Å²) >= 11 is 0. The van der Waals surface area contributed by atoms with E-state index in [4.69, 9.17) is 4.42 Å².